The number of aliphatic imine (C=N–C) groups is 1. The van der Waals surface area contributed by atoms with E-state index < -0.39 is 33.5 Å². The molecule has 1 unspecified atom stereocenters. The number of benzene rings is 2. The number of aromatic nitrogens is 1. The standard InChI is InChI=1S/C24H20F4N2O3S/c1-13(34(32)33)7-14-3-5-17-19(8-14)20-12-30(2)22(31)9-15(20)11-29-23(17)18-6-4-16(25)10-21(18)24(26,27)28/h3-6,8-10,12-13,34H,7,11H2,1-2H3. The largest absolute Gasteiger partial charge is 0.417 e. The van der Waals surface area contributed by atoms with Crippen molar-refractivity contribution < 1.29 is 26.0 Å². The van der Waals surface area contributed by atoms with Crippen molar-refractivity contribution in [2.45, 2.75) is 31.3 Å². The molecule has 0 saturated heterocycles. The van der Waals surface area contributed by atoms with Crippen LogP contribution in [0.15, 0.2) is 58.4 Å². The van der Waals surface area contributed by atoms with Gasteiger partial charge in [0.2, 0.25) is 0 Å². The molecule has 0 aliphatic carbocycles. The lowest BCUT2D eigenvalue weighted by atomic mass is 9.89. The first kappa shape index (κ1) is 23.9. The van der Waals surface area contributed by atoms with Crippen LogP contribution in [0, 0.1) is 5.82 Å². The van der Waals surface area contributed by atoms with E-state index in [1.807, 2.05) is 0 Å². The van der Waals surface area contributed by atoms with E-state index in [1.165, 1.54) is 10.6 Å². The molecule has 10 heteroatoms. The quantitative estimate of drug-likeness (QED) is 0.441. The zero-order valence-corrected chi connectivity index (χ0v) is 19.1. The number of alkyl halides is 3. The molecule has 1 aliphatic heterocycles. The van der Waals surface area contributed by atoms with Crippen LogP contribution < -0.4 is 5.56 Å². The van der Waals surface area contributed by atoms with E-state index >= 15 is 0 Å². The number of fused-ring (bicyclic) bond motifs is 3. The Kier molecular flexibility index (Phi) is 6.20. The highest BCUT2D eigenvalue weighted by Crippen LogP contribution is 2.38. The summed E-state index contributed by atoms with van der Waals surface area (Å²) in [5, 5.41) is -0.638. The van der Waals surface area contributed by atoms with Crippen molar-refractivity contribution in [3.05, 3.63) is 92.6 Å². The summed E-state index contributed by atoms with van der Waals surface area (Å²) in [5.41, 5.74) is 0.970. The second-order valence-corrected chi connectivity index (χ2v) is 9.68. The zero-order chi connectivity index (χ0) is 24.8. The van der Waals surface area contributed by atoms with E-state index in [2.05, 4.69) is 4.99 Å². The highest BCUT2D eigenvalue weighted by molar-refractivity contribution is 7.73. The lowest BCUT2D eigenvalue weighted by molar-refractivity contribution is -0.137. The van der Waals surface area contributed by atoms with Gasteiger partial charge in [0.25, 0.3) is 5.56 Å². The van der Waals surface area contributed by atoms with E-state index in [1.54, 1.807) is 38.4 Å². The Balaban J connectivity index is 1.99. The minimum atomic E-state index is -4.82. The number of rotatable bonds is 4. The van der Waals surface area contributed by atoms with E-state index in [-0.39, 0.29) is 29.8 Å². The van der Waals surface area contributed by atoms with Crippen molar-refractivity contribution >= 4 is 16.4 Å². The van der Waals surface area contributed by atoms with Gasteiger partial charge in [0, 0.05) is 36.0 Å². The third-order valence-electron chi connectivity index (χ3n) is 5.78. The van der Waals surface area contributed by atoms with E-state index in [0.717, 1.165) is 12.1 Å². The Morgan fingerprint density at radius 2 is 1.74 bits per heavy atom. The Bertz CT molecular complexity index is 1450. The van der Waals surface area contributed by atoms with Crippen LogP contribution in [0.1, 0.15) is 34.7 Å². The summed E-state index contributed by atoms with van der Waals surface area (Å²) in [7, 11) is -1.10. The predicted molar refractivity (Wildman–Crippen MR) is 121 cm³/mol. The summed E-state index contributed by atoms with van der Waals surface area (Å²) in [6.07, 6.45) is -3.02. The molecule has 0 spiro atoms. The smallest absolute Gasteiger partial charge is 0.318 e. The monoisotopic (exact) mass is 492 g/mol. The van der Waals surface area contributed by atoms with Crippen molar-refractivity contribution in [3.8, 4) is 11.1 Å². The third-order valence-corrected chi connectivity index (χ3v) is 6.69. The predicted octanol–water partition coefficient (Wildman–Crippen LogP) is 4.10. The van der Waals surface area contributed by atoms with Gasteiger partial charge in [0.1, 0.15) is 16.5 Å². The van der Waals surface area contributed by atoms with Crippen LogP contribution >= 0.6 is 0 Å². The number of hydrogen-bond acceptors (Lipinski definition) is 4. The van der Waals surface area contributed by atoms with Crippen molar-refractivity contribution in [1.82, 2.24) is 4.57 Å². The minimum absolute atomic E-state index is 0.0168. The molecule has 1 aliphatic rings. The van der Waals surface area contributed by atoms with Gasteiger partial charge in [-0.3, -0.25) is 9.79 Å². The number of halogens is 4. The first-order valence-electron chi connectivity index (χ1n) is 10.3. The number of pyridine rings is 1. The molecule has 0 N–H and O–H groups in total. The van der Waals surface area contributed by atoms with Gasteiger partial charge in [-0.05, 0) is 48.2 Å². The highest BCUT2D eigenvalue weighted by atomic mass is 32.2. The summed E-state index contributed by atoms with van der Waals surface area (Å²) >= 11 is 0. The minimum Gasteiger partial charge on any atom is -0.318 e. The molecule has 178 valence electrons. The fourth-order valence-electron chi connectivity index (χ4n) is 4.04. The van der Waals surface area contributed by atoms with Crippen LogP contribution in [-0.4, -0.2) is 23.9 Å². The van der Waals surface area contributed by atoms with Crippen molar-refractivity contribution in [2.75, 3.05) is 0 Å². The Morgan fingerprint density at radius 1 is 1.03 bits per heavy atom. The van der Waals surface area contributed by atoms with Crippen LogP contribution in [0.4, 0.5) is 17.6 Å². The van der Waals surface area contributed by atoms with E-state index in [9.17, 15) is 30.8 Å². The number of hydrogen-bond donors (Lipinski definition) is 1. The summed E-state index contributed by atoms with van der Waals surface area (Å²) in [4.78, 5) is 16.7. The van der Waals surface area contributed by atoms with E-state index in [0.29, 0.717) is 33.9 Å². The molecule has 1 atom stereocenters. The lowest BCUT2D eigenvalue weighted by Crippen LogP contribution is -2.17. The van der Waals surface area contributed by atoms with Crippen LogP contribution in [0.25, 0.3) is 11.1 Å². The first-order valence-corrected chi connectivity index (χ1v) is 11.6. The van der Waals surface area contributed by atoms with E-state index in [4.69, 9.17) is 0 Å². The molecular weight excluding hydrogens is 472 g/mol. The molecule has 5 nitrogen and oxygen atoms in total. The Morgan fingerprint density at radius 3 is 2.41 bits per heavy atom. The molecule has 4 rings (SSSR count). The summed E-state index contributed by atoms with van der Waals surface area (Å²) < 4.78 is 79.2. The molecule has 1 aromatic heterocycles. The highest BCUT2D eigenvalue weighted by Gasteiger charge is 2.36. The average molecular weight is 492 g/mol. The molecule has 0 fully saturated rings. The zero-order valence-electron chi connectivity index (χ0n) is 18.2. The molecule has 0 saturated carbocycles. The third kappa shape index (κ3) is 4.54. The number of nitrogens with zero attached hydrogens (tertiary/aromatic N) is 2. The maximum absolute atomic E-state index is 13.8. The fraction of sp³-hybridized carbons (Fsp3) is 0.250. The first-order chi connectivity index (χ1) is 16.0. The van der Waals surface area contributed by atoms with Gasteiger partial charge in [-0.25, -0.2) is 12.8 Å². The second-order valence-electron chi connectivity index (χ2n) is 8.23. The molecule has 2 heterocycles. The number of thiol groups is 1. The average Bonchev–Trinajstić information content (AvgIpc) is 2.90. The van der Waals surface area contributed by atoms with Crippen LogP contribution in [0.3, 0.4) is 0 Å². The van der Waals surface area contributed by atoms with Crippen LogP contribution in [-0.2, 0) is 36.9 Å². The van der Waals surface area contributed by atoms with Gasteiger partial charge in [-0.15, -0.1) is 0 Å². The van der Waals surface area contributed by atoms with Crippen LogP contribution in [0.5, 0.6) is 0 Å². The fourth-order valence-corrected chi connectivity index (χ4v) is 4.40. The van der Waals surface area contributed by atoms with Crippen molar-refractivity contribution in [2.24, 2.45) is 12.0 Å². The molecule has 0 radical (unpaired) electrons. The molecule has 3 aromatic rings. The van der Waals surface area contributed by atoms with Crippen molar-refractivity contribution in [3.63, 3.8) is 0 Å². The topological polar surface area (TPSA) is 68.5 Å². The normalized spacial score (nSPS) is 14.3. The maximum atomic E-state index is 13.8. The summed E-state index contributed by atoms with van der Waals surface area (Å²) in [6.45, 7) is 1.51. The summed E-state index contributed by atoms with van der Waals surface area (Å²) in [5.74, 6) is -1.02. The van der Waals surface area contributed by atoms with Gasteiger partial charge in [-0.2, -0.15) is 13.2 Å². The van der Waals surface area contributed by atoms with Gasteiger partial charge >= 0.3 is 6.18 Å². The van der Waals surface area contributed by atoms with Gasteiger partial charge in [-0.1, -0.05) is 18.2 Å². The molecule has 0 bridgehead atoms. The summed E-state index contributed by atoms with van der Waals surface area (Å²) in [6, 6.07) is 8.77. The lowest BCUT2D eigenvalue weighted by Gasteiger charge is -2.18. The molecule has 34 heavy (non-hydrogen) atoms. The molecule has 2 aromatic carbocycles. The Labute approximate surface area is 194 Å². The SMILES string of the molecule is CC(Cc1ccc2c(c1)-c1cn(C)c(=O)cc1CN=C2c1ccc(F)cc1C(F)(F)F)[SH](=O)=O. The Hall–Kier alpha value is -3.27. The second kappa shape index (κ2) is 8.83. The van der Waals surface area contributed by atoms with Gasteiger partial charge in [0.15, 0.2) is 0 Å². The van der Waals surface area contributed by atoms with Gasteiger partial charge < -0.3 is 4.57 Å². The molecule has 0 amide bonds. The van der Waals surface area contributed by atoms with Crippen LogP contribution in [0.2, 0.25) is 0 Å². The van der Waals surface area contributed by atoms with Crippen molar-refractivity contribution in [1.29, 1.82) is 0 Å². The molecular formula is C24H20F4N2O3S. The number of aryl methyl sites for hydroxylation is 1. The maximum Gasteiger partial charge on any atom is 0.417 e. The van der Waals surface area contributed by atoms with Gasteiger partial charge in [0.05, 0.1) is 23.1 Å².